The van der Waals surface area contributed by atoms with Crippen LogP contribution >= 0.6 is 0 Å². The SMILES string of the molecule is CCN(CC(F)(F)c1ccccc1)C1CC2CCC(C1)N2. The summed E-state index contributed by atoms with van der Waals surface area (Å²) < 4.78 is 29.0. The lowest BCUT2D eigenvalue weighted by atomic mass is 9.97. The van der Waals surface area contributed by atoms with Crippen molar-refractivity contribution in [3.63, 3.8) is 0 Å². The van der Waals surface area contributed by atoms with Gasteiger partial charge in [-0.15, -0.1) is 0 Å². The minimum atomic E-state index is -2.78. The Labute approximate surface area is 125 Å². The van der Waals surface area contributed by atoms with Gasteiger partial charge >= 0.3 is 0 Å². The molecular weight excluding hydrogens is 270 g/mol. The zero-order chi connectivity index (χ0) is 14.9. The summed E-state index contributed by atoms with van der Waals surface area (Å²) in [6, 6.07) is 9.57. The van der Waals surface area contributed by atoms with Crippen LogP contribution in [0.15, 0.2) is 30.3 Å². The van der Waals surface area contributed by atoms with E-state index in [0.717, 1.165) is 12.8 Å². The molecule has 1 N–H and O–H groups in total. The molecule has 2 saturated heterocycles. The Morgan fingerprint density at radius 3 is 2.33 bits per heavy atom. The highest BCUT2D eigenvalue weighted by Gasteiger charge is 2.40. The normalized spacial score (nSPS) is 29.0. The number of nitrogens with one attached hydrogen (secondary N) is 1. The van der Waals surface area contributed by atoms with E-state index < -0.39 is 5.92 Å². The first-order valence-corrected chi connectivity index (χ1v) is 8.02. The molecule has 0 radical (unpaired) electrons. The Hall–Kier alpha value is -1.00. The first-order chi connectivity index (χ1) is 10.1. The molecule has 2 atom stereocenters. The van der Waals surface area contributed by atoms with E-state index in [2.05, 4.69) is 5.32 Å². The molecule has 2 heterocycles. The van der Waals surface area contributed by atoms with Gasteiger partial charge in [-0.05, 0) is 32.2 Å². The van der Waals surface area contributed by atoms with Crippen molar-refractivity contribution in [2.24, 2.45) is 0 Å². The monoisotopic (exact) mass is 294 g/mol. The Kier molecular flexibility index (Phi) is 4.27. The molecule has 2 aliphatic rings. The Morgan fingerprint density at radius 1 is 1.14 bits per heavy atom. The smallest absolute Gasteiger partial charge is 0.285 e. The number of nitrogens with zero attached hydrogens (tertiary/aromatic N) is 1. The molecule has 0 saturated carbocycles. The molecular formula is C17H24F2N2. The Balaban J connectivity index is 1.69. The topological polar surface area (TPSA) is 15.3 Å². The fourth-order valence-corrected chi connectivity index (χ4v) is 3.85. The summed E-state index contributed by atoms with van der Waals surface area (Å²) in [5.74, 6) is -2.78. The van der Waals surface area contributed by atoms with Crippen LogP contribution in [-0.4, -0.2) is 36.1 Å². The second-order valence-corrected chi connectivity index (χ2v) is 6.40. The van der Waals surface area contributed by atoms with Gasteiger partial charge in [0.25, 0.3) is 5.92 Å². The highest BCUT2D eigenvalue weighted by atomic mass is 19.3. The van der Waals surface area contributed by atoms with E-state index in [9.17, 15) is 8.78 Å². The van der Waals surface area contributed by atoms with Gasteiger partial charge in [0.1, 0.15) is 0 Å². The molecule has 21 heavy (non-hydrogen) atoms. The minimum absolute atomic E-state index is 0.125. The van der Waals surface area contributed by atoms with E-state index in [1.807, 2.05) is 11.8 Å². The number of rotatable bonds is 5. The highest BCUT2D eigenvalue weighted by molar-refractivity contribution is 5.20. The second kappa shape index (κ2) is 6.01. The molecule has 0 amide bonds. The van der Waals surface area contributed by atoms with Crippen LogP contribution in [0.25, 0.3) is 0 Å². The average Bonchev–Trinajstić information content (AvgIpc) is 2.84. The van der Waals surface area contributed by atoms with E-state index in [1.165, 1.54) is 25.0 Å². The molecule has 0 aliphatic carbocycles. The van der Waals surface area contributed by atoms with Crippen molar-refractivity contribution in [3.8, 4) is 0 Å². The number of benzene rings is 1. The molecule has 2 bridgehead atoms. The zero-order valence-corrected chi connectivity index (χ0v) is 12.6. The van der Waals surface area contributed by atoms with Crippen molar-refractivity contribution in [3.05, 3.63) is 35.9 Å². The van der Waals surface area contributed by atoms with Crippen LogP contribution in [0.5, 0.6) is 0 Å². The first-order valence-electron chi connectivity index (χ1n) is 8.02. The first kappa shape index (κ1) is 14.9. The molecule has 2 fully saturated rings. The standard InChI is InChI=1S/C17H24F2N2/c1-2-21(16-10-14-8-9-15(11-16)20-14)12-17(18,19)13-6-4-3-5-7-13/h3-7,14-16,20H,2,8-12H2,1H3. The van der Waals surface area contributed by atoms with E-state index in [0.29, 0.717) is 24.7 Å². The van der Waals surface area contributed by atoms with E-state index >= 15 is 0 Å². The lowest BCUT2D eigenvalue weighted by Crippen LogP contribution is -2.50. The molecule has 1 aromatic rings. The summed E-state index contributed by atoms with van der Waals surface area (Å²) >= 11 is 0. The van der Waals surface area contributed by atoms with Gasteiger partial charge in [0, 0.05) is 23.7 Å². The van der Waals surface area contributed by atoms with Crippen LogP contribution in [0.1, 0.15) is 38.2 Å². The number of hydrogen-bond donors (Lipinski definition) is 1. The Bertz CT molecular complexity index is 451. The van der Waals surface area contributed by atoms with E-state index in [1.54, 1.807) is 18.2 Å². The molecule has 2 nitrogen and oxygen atoms in total. The van der Waals surface area contributed by atoms with Crippen LogP contribution in [0, 0.1) is 0 Å². The van der Waals surface area contributed by atoms with Gasteiger partial charge in [-0.1, -0.05) is 37.3 Å². The second-order valence-electron chi connectivity index (χ2n) is 6.40. The average molecular weight is 294 g/mol. The maximum Gasteiger partial charge on any atom is 0.285 e. The lowest BCUT2D eigenvalue weighted by molar-refractivity contribution is -0.0515. The van der Waals surface area contributed by atoms with Gasteiger partial charge in [0.2, 0.25) is 0 Å². The molecule has 3 rings (SSSR count). The third-order valence-corrected chi connectivity index (χ3v) is 4.97. The summed E-state index contributed by atoms with van der Waals surface area (Å²) in [6.07, 6.45) is 4.42. The quantitative estimate of drug-likeness (QED) is 0.895. The Morgan fingerprint density at radius 2 is 1.76 bits per heavy atom. The van der Waals surface area contributed by atoms with Gasteiger partial charge in [0.05, 0.1) is 6.54 Å². The third kappa shape index (κ3) is 3.27. The van der Waals surface area contributed by atoms with Crippen molar-refractivity contribution < 1.29 is 8.78 Å². The van der Waals surface area contributed by atoms with Crippen molar-refractivity contribution in [2.45, 2.75) is 56.7 Å². The highest BCUT2D eigenvalue weighted by Crippen LogP contribution is 2.34. The van der Waals surface area contributed by atoms with Crippen LogP contribution in [0.2, 0.25) is 0 Å². The fraction of sp³-hybridized carbons (Fsp3) is 0.647. The molecule has 2 unspecified atom stereocenters. The van der Waals surface area contributed by atoms with Gasteiger partial charge in [-0.25, -0.2) is 0 Å². The summed E-state index contributed by atoms with van der Waals surface area (Å²) in [6.45, 7) is 2.51. The molecule has 0 aromatic heterocycles. The lowest BCUT2D eigenvalue weighted by Gasteiger charge is -2.38. The number of likely N-dealkylation sites (N-methyl/N-ethyl adjacent to an activating group) is 1. The van der Waals surface area contributed by atoms with Crippen LogP contribution in [0.4, 0.5) is 8.78 Å². The molecule has 2 aliphatic heterocycles. The number of piperidine rings is 1. The maximum absolute atomic E-state index is 14.5. The predicted molar refractivity (Wildman–Crippen MR) is 80.6 cm³/mol. The number of hydrogen-bond acceptors (Lipinski definition) is 2. The van der Waals surface area contributed by atoms with Crippen molar-refractivity contribution in [1.82, 2.24) is 10.2 Å². The fourth-order valence-electron chi connectivity index (χ4n) is 3.85. The number of halogens is 2. The largest absolute Gasteiger partial charge is 0.311 e. The van der Waals surface area contributed by atoms with Crippen molar-refractivity contribution in [1.29, 1.82) is 0 Å². The van der Waals surface area contributed by atoms with Gasteiger partial charge in [-0.2, -0.15) is 8.78 Å². The van der Waals surface area contributed by atoms with Crippen molar-refractivity contribution >= 4 is 0 Å². The molecule has 1 aromatic carbocycles. The van der Waals surface area contributed by atoms with Crippen LogP contribution < -0.4 is 5.32 Å². The van der Waals surface area contributed by atoms with Gasteiger partial charge in [0.15, 0.2) is 0 Å². The third-order valence-electron chi connectivity index (χ3n) is 4.97. The summed E-state index contributed by atoms with van der Waals surface area (Å²) in [5.41, 5.74) is 0.125. The predicted octanol–water partition coefficient (Wildman–Crippen LogP) is 3.38. The van der Waals surface area contributed by atoms with Gasteiger partial charge in [-0.3, -0.25) is 4.90 Å². The van der Waals surface area contributed by atoms with E-state index in [4.69, 9.17) is 0 Å². The maximum atomic E-state index is 14.5. The van der Waals surface area contributed by atoms with Gasteiger partial charge < -0.3 is 5.32 Å². The zero-order valence-electron chi connectivity index (χ0n) is 12.6. The summed E-state index contributed by atoms with van der Waals surface area (Å²) in [4.78, 5) is 1.99. The van der Waals surface area contributed by atoms with E-state index in [-0.39, 0.29) is 12.1 Å². The summed E-state index contributed by atoms with van der Waals surface area (Å²) in [7, 11) is 0. The van der Waals surface area contributed by atoms with Crippen molar-refractivity contribution in [2.75, 3.05) is 13.1 Å². The van der Waals surface area contributed by atoms with Crippen LogP contribution in [-0.2, 0) is 5.92 Å². The number of alkyl halides is 2. The summed E-state index contributed by atoms with van der Waals surface area (Å²) in [5, 5.41) is 3.58. The minimum Gasteiger partial charge on any atom is -0.311 e. The molecule has 0 spiro atoms. The molecule has 116 valence electrons. The van der Waals surface area contributed by atoms with Crippen LogP contribution in [0.3, 0.4) is 0 Å². The number of fused-ring (bicyclic) bond motifs is 2. The molecule has 4 heteroatoms.